The SMILES string of the molecule is CC=C[N+](=O)[O-].CCC([NH-])=O.[W]. The van der Waals surface area contributed by atoms with Crippen molar-refractivity contribution in [2.45, 2.75) is 20.3 Å². The van der Waals surface area contributed by atoms with Crippen molar-refractivity contribution in [2.75, 3.05) is 0 Å². The van der Waals surface area contributed by atoms with Gasteiger partial charge in [0.1, 0.15) is 0 Å². The van der Waals surface area contributed by atoms with Crippen LogP contribution in [0.3, 0.4) is 0 Å². The van der Waals surface area contributed by atoms with Gasteiger partial charge in [-0.3, -0.25) is 10.1 Å². The summed E-state index contributed by atoms with van der Waals surface area (Å²) in [7, 11) is 0. The topological polar surface area (TPSA) is 84.0 Å². The Bertz CT molecular complexity index is 159. The number of rotatable bonds is 2. The maximum atomic E-state index is 9.48. The summed E-state index contributed by atoms with van der Waals surface area (Å²) in [6, 6.07) is 0. The van der Waals surface area contributed by atoms with E-state index in [4.69, 9.17) is 5.73 Å². The van der Waals surface area contributed by atoms with E-state index < -0.39 is 10.8 Å². The number of hydrogen-bond donors (Lipinski definition) is 0. The van der Waals surface area contributed by atoms with E-state index in [1.807, 2.05) is 0 Å². The quantitative estimate of drug-likeness (QED) is 0.566. The van der Waals surface area contributed by atoms with Crippen LogP contribution >= 0.6 is 0 Å². The molecule has 1 amide bonds. The summed E-state index contributed by atoms with van der Waals surface area (Å²) in [6.45, 7) is 3.26. The van der Waals surface area contributed by atoms with E-state index >= 15 is 0 Å². The van der Waals surface area contributed by atoms with E-state index in [-0.39, 0.29) is 21.1 Å². The standard InChI is InChI=1S/C3H5NO2.C3H7NO.W/c1-2-3-4(5)6;1-2-3(4)5;/h2-3H,1H3;2H2,1H3,(H2,4,5);/p-1. The first kappa shape index (κ1) is 17.4. The van der Waals surface area contributed by atoms with Crippen LogP contribution in [0.4, 0.5) is 0 Å². The number of amides is 1. The van der Waals surface area contributed by atoms with Crippen molar-refractivity contribution in [3.63, 3.8) is 0 Å². The zero-order valence-corrected chi connectivity index (χ0v) is 9.88. The molecular formula is C6H11N2O3W-. The fourth-order valence-corrected chi connectivity index (χ4v) is 0.122. The summed E-state index contributed by atoms with van der Waals surface area (Å²) >= 11 is 0. The third-order valence-corrected chi connectivity index (χ3v) is 0.592. The molecule has 0 saturated heterocycles. The van der Waals surface area contributed by atoms with Crippen LogP contribution in [-0.2, 0) is 25.9 Å². The molecule has 0 aliphatic carbocycles. The van der Waals surface area contributed by atoms with Gasteiger partial charge >= 0.3 is 0 Å². The summed E-state index contributed by atoms with van der Waals surface area (Å²) < 4.78 is 0. The second-order valence-electron chi connectivity index (χ2n) is 1.54. The first-order chi connectivity index (χ1) is 5.04. The van der Waals surface area contributed by atoms with Crippen molar-refractivity contribution in [3.8, 4) is 0 Å². The zero-order valence-electron chi connectivity index (χ0n) is 6.94. The van der Waals surface area contributed by atoms with Crippen LogP contribution in [0.25, 0.3) is 5.73 Å². The van der Waals surface area contributed by atoms with E-state index in [1.165, 1.54) is 6.08 Å². The Morgan fingerprint density at radius 2 is 2.00 bits per heavy atom. The minimum Gasteiger partial charge on any atom is -0.668 e. The first-order valence-corrected chi connectivity index (χ1v) is 3.05. The molecule has 0 aromatic carbocycles. The monoisotopic (exact) mass is 343 g/mol. The molecule has 0 aromatic rings. The predicted octanol–water partition coefficient (Wildman–Crippen LogP) is 1.77. The van der Waals surface area contributed by atoms with E-state index in [1.54, 1.807) is 13.8 Å². The van der Waals surface area contributed by atoms with Crippen LogP contribution in [0, 0.1) is 10.1 Å². The molecule has 1 N–H and O–H groups in total. The summed E-state index contributed by atoms with van der Waals surface area (Å²) in [5, 5.41) is 9.32. The molecule has 0 atom stereocenters. The Balaban J connectivity index is -0.000000126. The van der Waals surface area contributed by atoms with Crippen LogP contribution in [0.2, 0.25) is 0 Å². The van der Waals surface area contributed by atoms with E-state index in [0.29, 0.717) is 6.42 Å². The van der Waals surface area contributed by atoms with Gasteiger partial charge in [-0.25, -0.2) is 0 Å². The Morgan fingerprint density at radius 1 is 1.67 bits per heavy atom. The number of nitrogens with zero attached hydrogens (tertiary/aromatic N) is 1. The maximum Gasteiger partial charge on any atom is 0.230 e. The summed E-state index contributed by atoms with van der Waals surface area (Å²) in [5.41, 5.74) is 6.19. The molecule has 70 valence electrons. The van der Waals surface area contributed by atoms with Crippen molar-refractivity contribution in [1.29, 1.82) is 0 Å². The van der Waals surface area contributed by atoms with Gasteiger partial charge in [0, 0.05) is 27.0 Å². The second kappa shape index (κ2) is 12.9. The molecule has 12 heavy (non-hydrogen) atoms. The Morgan fingerprint density at radius 3 is 2.00 bits per heavy atom. The number of carbonyl (C=O) groups is 1. The van der Waals surface area contributed by atoms with Gasteiger partial charge in [-0.05, 0) is 19.4 Å². The average molecular weight is 343 g/mol. The number of allylic oxidation sites excluding steroid dienone is 1. The average Bonchev–Trinajstić information content (AvgIpc) is 1.89. The molecule has 0 fully saturated rings. The molecule has 6 heteroatoms. The van der Waals surface area contributed by atoms with Crippen molar-refractivity contribution >= 4 is 5.91 Å². The van der Waals surface area contributed by atoms with Gasteiger partial charge in [-0.15, -0.1) is 0 Å². The molecule has 0 rings (SSSR count). The predicted molar refractivity (Wildman–Crippen MR) is 41.4 cm³/mol. The fraction of sp³-hybridized carbons (Fsp3) is 0.500. The van der Waals surface area contributed by atoms with Gasteiger partial charge in [0.25, 0.3) is 0 Å². The van der Waals surface area contributed by atoms with E-state index in [0.717, 1.165) is 6.20 Å². The molecule has 0 saturated carbocycles. The fourth-order valence-electron chi connectivity index (χ4n) is 0.122. The normalized spacial score (nSPS) is 7.83. The number of carbonyl (C=O) groups excluding carboxylic acids is 1. The van der Waals surface area contributed by atoms with E-state index in [9.17, 15) is 14.9 Å². The van der Waals surface area contributed by atoms with Gasteiger partial charge in [0.15, 0.2) is 0 Å². The van der Waals surface area contributed by atoms with Crippen molar-refractivity contribution in [1.82, 2.24) is 0 Å². The van der Waals surface area contributed by atoms with Crippen molar-refractivity contribution in [3.05, 3.63) is 28.1 Å². The van der Waals surface area contributed by atoms with Gasteiger partial charge in [-0.2, -0.15) is 0 Å². The molecule has 0 aliphatic rings. The van der Waals surface area contributed by atoms with Gasteiger partial charge in [0.05, 0.1) is 4.92 Å². The van der Waals surface area contributed by atoms with E-state index in [2.05, 4.69) is 0 Å². The number of nitro groups is 1. The zero-order chi connectivity index (χ0) is 9.28. The van der Waals surface area contributed by atoms with Gasteiger partial charge in [0.2, 0.25) is 6.20 Å². The summed E-state index contributed by atoms with van der Waals surface area (Å²) in [4.78, 5) is 18.3. The molecule has 0 heterocycles. The van der Waals surface area contributed by atoms with Crippen LogP contribution in [0.15, 0.2) is 12.3 Å². The summed E-state index contributed by atoms with van der Waals surface area (Å²) in [5.74, 6) is -0.495. The second-order valence-corrected chi connectivity index (χ2v) is 1.54. The minimum absolute atomic E-state index is 0. The third kappa shape index (κ3) is 34.7. The van der Waals surface area contributed by atoms with Crippen molar-refractivity contribution in [2.24, 2.45) is 0 Å². The third-order valence-electron chi connectivity index (χ3n) is 0.592. The van der Waals surface area contributed by atoms with Crippen LogP contribution in [0.5, 0.6) is 0 Å². The molecule has 0 radical (unpaired) electrons. The maximum absolute atomic E-state index is 9.48. The Hall–Kier alpha value is -0.702. The Labute approximate surface area is 85.4 Å². The largest absolute Gasteiger partial charge is 0.668 e. The minimum atomic E-state index is -0.500. The molecule has 0 aliphatic heterocycles. The van der Waals surface area contributed by atoms with Gasteiger partial charge < -0.3 is 10.5 Å². The van der Waals surface area contributed by atoms with Crippen LogP contribution < -0.4 is 0 Å². The molecule has 0 spiro atoms. The van der Waals surface area contributed by atoms with Crippen LogP contribution in [0.1, 0.15) is 20.3 Å². The van der Waals surface area contributed by atoms with Gasteiger partial charge in [-0.1, -0.05) is 6.92 Å². The molecule has 0 bridgehead atoms. The molecule has 5 nitrogen and oxygen atoms in total. The number of hydrogen-bond acceptors (Lipinski definition) is 3. The smallest absolute Gasteiger partial charge is 0.230 e. The van der Waals surface area contributed by atoms with Crippen LogP contribution in [-0.4, -0.2) is 10.8 Å². The molecule has 0 unspecified atom stereocenters. The Kier molecular flexibility index (Phi) is 18.7. The van der Waals surface area contributed by atoms with Crippen molar-refractivity contribution < 1.29 is 30.8 Å². The number of nitrogens with one attached hydrogen (secondary N) is 1. The summed E-state index contributed by atoms with van der Waals surface area (Å²) in [6.07, 6.45) is 2.60. The molecule has 0 aromatic heterocycles. The first-order valence-electron chi connectivity index (χ1n) is 3.05. The molecular weight excluding hydrogens is 332 g/mol.